The molecule has 2 atom stereocenters. The van der Waals surface area contributed by atoms with E-state index in [0.29, 0.717) is 12.0 Å². The molecule has 0 saturated heterocycles. The van der Waals surface area contributed by atoms with E-state index < -0.39 is 0 Å². The highest BCUT2D eigenvalue weighted by Crippen LogP contribution is 2.43. The van der Waals surface area contributed by atoms with E-state index >= 15 is 0 Å². The smallest absolute Gasteiger partial charge is 0.122 e. The largest absolute Gasteiger partial charge is 0.493 e. The second-order valence-electron chi connectivity index (χ2n) is 4.96. The number of para-hydroxylation sites is 1. The molecule has 20 heavy (non-hydrogen) atoms. The lowest BCUT2D eigenvalue weighted by Gasteiger charge is -2.32. The Balaban J connectivity index is 1.96. The molecule has 2 heterocycles. The predicted octanol–water partition coefficient (Wildman–Crippen LogP) is 4.62. The maximum Gasteiger partial charge on any atom is 0.122 e. The number of hydrogen-bond acceptors (Lipinski definition) is 3. The number of fused-ring (bicyclic) bond motifs is 1. The second-order valence-corrected chi connectivity index (χ2v) is 6.71. The highest BCUT2D eigenvalue weighted by atomic mass is 35.5. The third kappa shape index (κ3) is 2.71. The first-order valence-corrected chi connectivity index (χ1v) is 8.19. The normalized spacial score (nSPS) is 19.2. The third-order valence-electron chi connectivity index (χ3n) is 3.73. The highest BCUT2D eigenvalue weighted by Gasteiger charge is 2.30. The van der Waals surface area contributed by atoms with E-state index in [9.17, 15) is 0 Å². The van der Waals surface area contributed by atoms with Crippen molar-refractivity contribution in [3.05, 3.63) is 51.2 Å². The van der Waals surface area contributed by atoms with Crippen LogP contribution in [-0.2, 0) is 0 Å². The summed E-state index contributed by atoms with van der Waals surface area (Å²) in [6.45, 7) is 3.87. The molecule has 1 aliphatic heterocycles. The monoisotopic (exact) mass is 307 g/mol. The summed E-state index contributed by atoms with van der Waals surface area (Å²) in [5.41, 5.74) is 1.30. The number of halogens is 1. The molecular weight excluding hydrogens is 290 g/mol. The van der Waals surface area contributed by atoms with Crippen molar-refractivity contribution in [3.8, 4) is 5.75 Å². The Hall–Kier alpha value is -1.03. The average Bonchev–Trinajstić information content (AvgIpc) is 2.91. The molecule has 0 bridgehead atoms. The van der Waals surface area contributed by atoms with Crippen molar-refractivity contribution in [1.29, 1.82) is 0 Å². The van der Waals surface area contributed by atoms with Crippen LogP contribution < -0.4 is 10.1 Å². The molecule has 2 aromatic rings. The summed E-state index contributed by atoms with van der Waals surface area (Å²) in [4.78, 5) is 1.30. The van der Waals surface area contributed by atoms with E-state index in [-0.39, 0.29) is 0 Å². The number of hydrogen-bond donors (Lipinski definition) is 1. The minimum absolute atomic E-state index is 0.308. The molecular formula is C16H18ClNOS. The molecule has 0 fully saturated rings. The van der Waals surface area contributed by atoms with Gasteiger partial charge in [0.1, 0.15) is 5.75 Å². The lowest BCUT2D eigenvalue weighted by molar-refractivity contribution is 0.247. The number of benzene rings is 1. The van der Waals surface area contributed by atoms with Crippen molar-refractivity contribution in [3.63, 3.8) is 0 Å². The standard InChI is InChI=1S/C16H18ClNOS/c1-2-18-16(14-7-8-15(17)20-14)12-9-10-19-13-6-4-3-5-11(12)13/h3-8,12,16,18H,2,9-10H2,1H3. The van der Waals surface area contributed by atoms with Crippen LogP contribution in [0.1, 0.15) is 35.7 Å². The van der Waals surface area contributed by atoms with Crippen LogP contribution in [0.15, 0.2) is 36.4 Å². The van der Waals surface area contributed by atoms with Gasteiger partial charge in [-0.25, -0.2) is 0 Å². The van der Waals surface area contributed by atoms with Crippen LogP contribution in [0.4, 0.5) is 0 Å². The molecule has 4 heteroatoms. The van der Waals surface area contributed by atoms with Gasteiger partial charge in [-0.2, -0.15) is 0 Å². The molecule has 2 nitrogen and oxygen atoms in total. The average molecular weight is 308 g/mol. The van der Waals surface area contributed by atoms with Crippen molar-refractivity contribution in [2.24, 2.45) is 0 Å². The maximum atomic E-state index is 6.11. The SMILES string of the molecule is CCNC(c1ccc(Cl)s1)C1CCOc2ccccc21. The molecule has 0 spiro atoms. The fourth-order valence-electron chi connectivity index (χ4n) is 2.87. The molecule has 106 valence electrons. The Kier molecular flexibility index (Phi) is 4.29. The van der Waals surface area contributed by atoms with Gasteiger partial charge in [-0.3, -0.25) is 0 Å². The van der Waals surface area contributed by atoms with Crippen LogP contribution in [-0.4, -0.2) is 13.2 Å². The van der Waals surface area contributed by atoms with Crippen LogP contribution in [0.2, 0.25) is 4.34 Å². The van der Waals surface area contributed by atoms with Gasteiger partial charge in [-0.1, -0.05) is 36.7 Å². The topological polar surface area (TPSA) is 21.3 Å². The van der Waals surface area contributed by atoms with Gasteiger partial charge in [0.2, 0.25) is 0 Å². The molecule has 2 unspecified atom stereocenters. The molecule has 1 aliphatic rings. The molecule has 0 radical (unpaired) electrons. The summed E-state index contributed by atoms with van der Waals surface area (Å²) in [6.07, 6.45) is 1.03. The van der Waals surface area contributed by atoms with Crippen molar-refractivity contribution in [2.45, 2.75) is 25.3 Å². The summed E-state index contributed by atoms with van der Waals surface area (Å²) < 4.78 is 6.62. The summed E-state index contributed by atoms with van der Waals surface area (Å²) in [5.74, 6) is 1.46. The molecule has 0 aliphatic carbocycles. The third-order valence-corrected chi connectivity index (χ3v) is 5.05. The number of ether oxygens (including phenoxy) is 1. The fraction of sp³-hybridized carbons (Fsp3) is 0.375. The Bertz CT molecular complexity index is 583. The lowest BCUT2D eigenvalue weighted by Crippen LogP contribution is -2.29. The summed E-state index contributed by atoms with van der Waals surface area (Å²) in [5, 5.41) is 3.62. The number of thiophene rings is 1. The maximum absolute atomic E-state index is 6.11. The van der Waals surface area contributed by atoms with Crippen LogP contribution in [0.25, 0.3) is 0 Å². The molecule has 1 aromatic heterocycles. The van der Waals surface area contributed by atoms with Crippen LogP contribution in [0, 0.1) is 0 Å². The Morgan fingerprint density at radius 1 is 1.35 bits per heavy atom. The molecule has 3 rings (SSSR count). The molecule has 0 saturated carbocycles. The van der Waals surface area contributed by atoms with Gasteiger partial charge in [0, 0.05) is 16.8 Å². The number of rotatable bonds is 4. The summed E-state index contributed by atoms with van der Waals surface area (Å²) in [6, 6.07) is 12.8. The van der Waals surface area contributed by atoms with Crippen LogP contribution in [0.5, 0.6) is 5.75 Å². The zero-order valence-corrected chi connectivity index (χ0v) is 13.0. The number of likely N-dealkylation sites (N-methyl/N-ethyl adjacent to an activating group) is 1. The first kappa shape index (κ1) is 13.9. The zero-order valence-electron chi connectivity index (χ0n) is 11.4. The van der Waals surface area contributed by atoms with Crippen LogP contribution >= 0.6 is 22.9 Å². The fourth-order valence-corrected chi connectivity index (χ4v) is 4.07. The molecule has 0 amide bonds. The lowest BCUT2D eigenvalue weighted by atomic mass is 9.86. The van der Waals surface area contributed by atoms with E-state index in [2.05, 4.69) is 36.5 Å². The van der Waals surface area contributed by atoms with Gasteiger partial charge in [0.15, 0.2) is 0 Å². The molecule has 1 aromatic carbocycles. The van der Waals surface area contributed by atoms with Gasteiger partial charge in [0.05, 0.1) is 10.9 Å². The Morgan fingerprint density at radius 2 is 2.20 bits per heavy atom. The Morgan fingerprint density at radius 3 is 2.95 bits per heavy atom. The number of nitrogens with one attached hydrogen (secondary N) is 1. The van der Waals surface area contributed by atoms with Crippen LogP contribution in [0.3, 0.4) is 0 Å². The van der Waals surface area contributed by atoms with Crippen molar-refractivity contribution < 1.29 is 4.74 Å². The Labute approximate surface area is 128 Å². The summed E-state index contributed by atoms with van der Waals surface area (Å²) >= 11 is 7.78. The van der Waals surface area contributed by atoms with E-state index in [1.807, 2.05) is 12.1 Å². The van der Waals surface area contributed by atoms with Crippen molar-refractivity contribution >= 4 is 22.9 Å². The van der Waals surface area contributed by atoms with E-state index in [4.69, 9.17) is 16.3 Å². The second kappa shape index (κ2) is 6.17. The van der Waals surface area contributed by atoms with Gasteiger partial charge in [-0.15, -0.1) is 11.3 Å². The van der Waals surface area contributed by atoms with Gasteiger partial charge in [-0.05, 0) is 36.7 Å². The van der Waals surface area contributed by atoms with Gasteiger partial charge < -0.3 is 10.1 Å². The minimum atomic E-state index is 0.308. The van der Waals surface area contributed by atoms with E-state index in [1.165, 1.54) is 10.4 Å². The zero-order chi connectivity index (χ0) is 13.9. The summed E-state index contributed by atoms with van der Waals surface area (Å²) in [7, 11) is 0. The highest BCUT2D eigenvalue weighted by molar-refractivity contribution is 7.16. The minimum Gasteiger partial charge on any atom is -0.493 e. The van der Waals surface area contributed by atoms with Crippen molar-refractivity contribution in [2.75, 3.05) is 13.2 Å². The molecule has 1 N–H and O–H groups in total. The quantitative estimate of drug-likeness (QED) is 0.890. The van der Waals surface area contributed by atoms with Gasteiger partial charge >= 0.3 is 0 Å². The predicted molar refractivity (Wildman–Crippen MR) is 85.0 cm³/mol. The van der Waals surface area contributed by atoms with Gasteiger partial charge in [0.25, 0.3) is 0 Å². The first-order chi connectivity index (χ1) is 9.79. The first-order valence-electron chi connectivity index (χ1n) is 7.00. The van der Waals surface area contributed by atoms with E-state index in [0.717, 1.165) is 29.7 Å². The van der Waals surface area contributed by atoms with Crippen molar-refractivity contribution in [1.82, 2.24) is 5.32 Å². The van der Waals surface area contributed by atoms with E-state index in [1.54, 1.807) is 11.3 Å².